The summed E-state index contributed by atoms with van der Waals surface area (Å²) in [6, 6.07) is 7.47. The largest absolute Gasteiger partial charge is 0.482 e. The maximum Gasteiger partial charge on any atom is 0.262 e. The van der Waals surface area contributed by atoms with Crippen LogP contribution in [-0.2, 0) is 11.8 Å². The number of rotatable bonds is 1. The molecule has 3 rings (SSSR count). The molecule has 0 saturated carbocycles. The highest BCUT2D eigenvalue weighted by atomic mass is 79.9. The molecule has 20 heavy (non-hydrogen) atoms. The Bertz CT molecular complexity index is 760. The van der Waals surface area contributed by atoms with E-state index in [9.17, 15) is 4.79 Å². The molecule has 1 aromatic heterocycles. The average molecular weight is 333 g/mol. The quantitative estimate of drug-likeness (QED) is 0.866. The molecule has 1 N–H and O–H groups in total. The van der Waals surface area contributed by atoms with Crippen LogP contribution in [0.2, 0.25) is 0 Å². The van der Waals surface area contributed by atoms with Crippen molar-refractivity contribution in [2.24, 2.45) is 7.05 Å². The molecule has 0 atom stereocenters. The molecule has 0 fully saturated rings. The summed E-state index contributed by atoms with van der Waals surface area (Å²) in [5.74, 6) is 0.448. The molecule has 1 amide bonds. The predicted octanol–water partition coefficient (Wildman–Crippen LogP) is 2.05. The minimum atomic E-state index is -0.184. The monoisotopic (exact) mass is 332 g/mol. The second-order valence-corrected chi connectivity index (χ2v) is 5.09. The topological polar surface area (TPSA) is 79.9 Å². The Morgan fingerprint density at radius 1 is 1.55 bits per heavy atom. The van der Waals surface area contributed by atoms with E-state index in [1.165, 1.54) is 0 Å². The molecule has 7 heteroatoms. The van der Waals surface area contributed by atoms with Crippen molar-refractivity contribution in [1.82, 2.24) is 9.78 Å². The fourth-order valence-electron chi connectivity index (χ4n) is 2.11. The number of nitrogens with zero attached hydrogens (tertiary/aromatic N) is 3. The van der Waals surface area contributed by atoms with Gasteiger partial charge in [0.25, 0.3) is 5.91 Å². The molecular formula is C13H9BrN4O2. The van der Waals surface area contributed by atoms with E-state index in [-0.39, 0.29) is 12.5 Å². The van der Waals surface area contributed by atoms with Gasteiger partial charge < -0.3 is 10.1 Å². The second-order valence-electron chi connectivity index (χ2n) is 4.29. The highest BCUT2D eigenvalue weighted by Gasteiger charge is 2.20. The summed E-state index contributed by atoms with van der Waals surface area (Å²) in [4.78, 5) is 11.4. The van der Waals surface area contributed by atoms with Crippen LogP contribution in [0.4, 0.5) is 5.69 Å². The van der Waals surface area contributed by atoms with E-state index in [2.05, 4.69) is 26.3 Å². The molecule has 0 radical (unpaired) electrons. The number of hydrogen-bond donors (Lipinski definition) is 1. The van der Waals surface area contributed by atoms with Crippen molar-refractivity contribution in [3.63, 3.8) is 0 Å². The van der Waals surface area contributed by atoms with Crippen molar-refractivity contribution in [3.8, 4) is 23.1 Å². The van der Waals surface area contributed by atoms with Crippen LogP contribution >= 0.6 is 15.9 Å². The lowest BCUT2D eigenvalue weighted by Crippen LogP contribution is -2.25. The molecule has 6 nitrogen and oxygen atoms in total. The molecule has 1 aromatic carbocycles. The van der Waals surface area contributed by atoms with Gasteiger partial charge in [-0.3, -0.25) is 9.48 Å². The van der Waals surface area contributed by atoms with Gasteiger partial charge in [-0.25, -0.2) is 0 Å². The lowest BCUT2D eigenvalue weighted by atomic mass is 10.1. The minimum absolute atomic E-state index is 0.0281. The summed E-state index contributed by atoms with van der Waals surface area (Å²) in [5.41, 5.74) is 2.54. The van der Waals surface area contributed by atoms with Gasteiger partial charge >= 0.3 is 0 Å². The first-order chi connectivity index (χ1) is 9.60. The summed E-state index contributed by atoms with van der Waals surface area (Å²) in [6.45, 7) is 0.0281. The normalized spacial score (nSPS) is 13.2. The lowest BCUT2D eigenvalue weighted by Gasteiger charge is -2.18. The smallest absolute Gasteiger partial charge is 0.262 e. The van der Waals surface area contributed by atoms with E-state index in [1.54, 1.807) is 23.9 Å². The van der Waals surface area contributed by atoms with Gasteiger partial charge in [0.1, 0.15) is 11.8 Å². The first-order valence-electron chi connectivity index (χ1n) is 5.80. The van der Waals surface area contributed by atoms with E-state index in [0.29, 0.717) is 21.6 Å². The third kappa shape index (κ3) is 1.94. The van der Waals surface area contributed by atoms with Crippen LogP contribution in [0, 0.1) is 11.3 Å². The first-order valence-corrected chi connectivity index (χ1v) is 6.59. The molecule has 0 spiro atoms. The first kappa shape index (κ1) is 12.7. The number of carbonyl (C=O) groups is 1. The number of hydrogen-bond acceptors (Lipinski definition) is 4. The zero-order valence-corrected chi connectivity index (χ0v) is 12.1. The maximum atomic E-state index is 11.4. The van der Waals surface area contributed by atoms with Crippen molar-refractivity contribution in [2.45, 2.75) is 0 Å². The summed E-state index contributed by atoms with van der Waals surface area (Å²) in [6.07, 6.45) is 0. The number of halogens is 1. The third-order valence-electron chi connectivity index (χ3n) is 2.98. The van der Waals surface area contributed by atoms with Crippen LogP contribution in [-0.4, -0.2) is 22.3 Å². The predicted molar refractivity (Wildman–Crippen MR) is 75.2 cm³/mol. The van der Waals surface area contributed by atoms with Gasteiger partial charge in [-0.2, -0.15) is 10.4 Å². The number of aromatic nitrogens is 2. The Hall–Kier alpha value is -2.33. The van der Waals surface area contributed by atoms with Crippen molar-refractivity contribution in [3.05, 3.63) is 28.4 Å². The molecule has 0 saturated heterocycles. The molecule has 0 bridgehead atoms. The number of carbonyl (C=O) groups excluding carboxylic acids is 1. The molecule has 100 valence electrons. The van der Waals surface area contributed by atoms with Gasteiger partial charge in [0.2, 0.25) is 0 Å². The van der Waals surface area contributed by atoms with E-state index in [1.807, 2.05) is 12.1 Å². The highest BCUT2D eigenvalue weighted by Crippen LogP contribution is 2.36. The Kier molecular flexibility index (Phi) is 2.95. The number of ether oxygens (including phenoxy) is 1. The standard InChI is InChI=1S/C13H9BrN4O2/c1-18-13(12(14)9(5-15)17-18)7-2-3-10-8(4-7)16-11(19)6-20-10/h2-4H,6H2,1H3,(H,16,19). The second kappa shape index (κ2) is 4.65. The number of amides is 1. The van der Waals surface area contributed by atoms with Crippen LogP contribution in [0.15, 0.2) is 22.7 Å². The summed E-state index contributed by atoms with van der Waals surface area (Å²) in [5, 5.41) is 15.9. The zero-order chi connectivity index (χ0) is 14.3. The minimum Gasteiger partial charge on any atom is -0.482 e. The van der Waals surface area contributed by atoms with Gasteiger partial charge in [0.15, 0.2) is 12.3 Å². The average Bonchev–Trinajstić information content (AvgIpc) is 2.72. The Balaban J connectivity index is 2.12. The Morgan fingerprint density at radius 2 is 2.35 bits per heavy atom. The summed E-state index contributed by atoms with van der Waals surface area (Å²) < 4.78 is 7.57. The molecule has 0 unspecified atom stereocenters. The molecule has 1 aliphatic rings. The number of anilines is 1. The zero-order valence-electron chi connectivity index (χ0n) is 10.5. The van der Waals surface area contributed by atoms with E-state index < -0.39 is 0 Å². The Labute approximate surface area is 123 Å². The van der Waals surface area contributed by atoms with Crippen LogP contribution in [0.5, 0.6) is 5.75 Å². The van der Waals surface area contributed by atoms with Gasteiger partial charge in [-0.1, -0.05) is 0 Å². The van der Waals surface area contributed by atoms with E-state index >= 15 is 0 Å². The van der Waals surface area contributed by atoms with Gasteiger partial charge in [-0.15, -0.1) is 0 Å². The SMILES string of the molecule is Cn1nc(C#N)c(Br)c1-c1ccc2c(c1)NC(=O)CO2. The number of benzene rings is 1. The summed E-state index contributed by atoms with van der Waals surface area (Å²) in [7, 11) is 1.76. The number of fused-ring (bicyclic) bond motifs is 1. The van der Waals surface area contributed by atoms with Crippen molar-refractivity contribution >= 4 is 27.5 Å². The Morgan fingerprint density at radius 3 is 3.05 bits per heavy atom. The van der Waals surface area contributed by atoms with Gasteiger partial charge in [-0.05, 0) is 34.1 Å². The molecule has 1 aliphatic heterocycles. The van der Waals surface area contributed by atoms with E-state index in [4.69, 9.17) is 10.00 Å². The number of nitrogens with one attached hydrogen (secondary N) is 1. The third-order valence-corrected chi connectivity index (χ3v) is 3.73. The van der Waals surface area contributed by atoms with Gasteiger partial charge in [0.05, 0.1) is 15.9 Å². The molecule has 2 heterocycles. The van der Waals surface area contributed by atoms with E-state index in [0.717, 1.165) is 11.3 Å². The number of aryl methyl sites for hydroxylation is 1. The molecule has 0 aliphatic carbocycles. The van der Waals surface area contributed by atoms with Gasteiger partial charge in [0, 0.05) is 12.6 Å². The fourth-order valence-corrected chi connectivity index (χ4v) is 2.77. The molecule has 2 aromatic rings. The van der Waals surface area contributed by atoms with Crippen LogP contribution < -0.4 is 10.1 Å². The number of nitriles is 1. The highest BCUT2D eigenvalue weighted by molar-refractivity contribution is 9.10. The van der Waals surface area contributed by atoms with Crippen molar-refractivity contribution < 1.29 is 9.53 Å². The summed E-state index contributed by atoms with van der Waals surface area (Å²) >= 11 is 3.38. The van der Waals surface area contributed by atoms with Crippen molar-refractivity contribution in [1.29, 1.82) is 5.26 Å². The fraction of sp³-hybridized carbons (Fsp3) is 0.154. The van der Waals surface area contributed by atoms with Crippen LogP contribution in [0.3, 0.4) is 0 Å². The lowest BCUT2D eigenvalue weighted by molar-refractivity contribution is -0.118. The maximum absolute atomic E-state index is 11.4. The van der Waals surface area contributed by atoms with Crippen LogP contribution in [0.25, 0.3) is 11.3 Å². The molecular weight excluding hydrogens is 324 g/mol. The van der Waals surface area contributed by atoms with Crippen LogP contribution in [0.1, 0.15) is 5.69 Å². The van der Waals surface area contributed by atoms with Crippen molar-refractivity contribution in [2.75, 3.05) is 11.9 Å².